The van der Waals surface area contributed by atoms with E-state index in [4.69, 9.17) is 4.74 Å². The average molecular weight is 342 g/mol. The molecule has 0 spiro atoms. The van der Waals surface area contributed by atoms with Crippen molar-refractivity contribution >= 4 is 23.4 Å². The smallest absolute Gasteiger partial charge is 0.344 e. The molecule has 1 saturated heterocycles. The van der Waals surface area contributed by atoms with Crippen molar-refractivity contribution in [1.82, 2.24) is 15.1 Å². The number of piperidine rings is 1. The van der Waals surface area contributed by atoms with Gasteiger partial charge in [0, 0.05) is 18.8 Å². The largest absolute Gasteiger partial charge is 0.462 e. The number of benzene rings is 1. The summed E-state index contributed by atoms with van der Waals surface area (Å²) in [4.78, 5) is 27.0. The summed E-state index contributed by atoms with van der Waals surface area (Å²) in [6.45, 7) is 3.35. The molecule has 7 nitrogen and oxygen atoms in total. The van der Waals surface area contributed by atoms with Gasteiger partial charge < -0.3 is 15.0 Å². The summed E-state index contributed by atoms with van der Waals surface area (Å²) in [5, 5.41) is 9.95. The van der Waals surface area contributed by atoms with Crippen LogP contribution < -0.4 is 5.32 Å². The van der Waals surface area contributed by atoms with Crippen molar-refractivity contribution < 1.29 is 14.3 Å². The quantitative estimate of drug-likeness (QED) is 0.816. The van der Waals surface area contributed by atoms with Gasteiger partial charge >= 0.3 is 5.97 Å². The summed E-state index contributed by atoms with van der Waals surface area (Å²) in [6.07, 6.45) is 3.08. The van der Waals surface area contributed by atoms with Crippen molar-refractivity contribution in [2.24, 2.45) is 0 Å². The Labute approximate surface area is 146 Å². The standard InChI is InChI=1S/C18H22N4O3/c1-2-25-18(24)14-15(17(23)22-11-7-4-8-12-22)20-21-16(14)19-13-9-5-3-6-10-13/h3,5-6,9-10H,2,4,7-8,11-12H2,1H3,(H2,19,20,21). The molecule has 1 amide bonds. The van der Waals surface area contributed by atoms with Gasteiger partial charge in [0.25, 0.3) is 5.91 Å². The van der Waals surface area contributed by atoms with Crippen LogP contribution in [-0.2, 0) is 4.74 Å². The first kappa shape index (κ1) is 17.0. The molecule has 25 heavy (non-hydrogen) atoms. The first-order valence-corrected chi connectivity index (χ1v) is 8.57. The Hall–Kier alpha value is -2.83. The van der Waals surface area contributed by atoms with Gasteiger partial charge in [-0.1, -0.05) is 18.2 Å². The zero-order valence-electron chi connectivity index (χ0n) is 14.2. The molecule has 1 aliphatic rings. The Bertz CT molecular complexity index is 736. The van der Waals surface area contributed by atoms with E-state index in [0.717, 1.165) is 24.9 Å². The maximum absolute atomic E-state index is 12.8. The number of para-hydroxylation sites is 1. The number of H-pyrrole nitrogens is 1. The molecule has 7 heteroatoms. The highest BCUT2D eigenvalue weighted by atomic mass is 16.5. The topological polar surface area (TPSA) is 87.3 Å². The fourth-order valence-electron chi connectivity index (χ4n) is 2.90. The lowest BCUT2D eigenvalue weighted by Gasteiger charge is -2.26. The van der Waals surface area contributed by atoms with Crippen molar-refractivity contribution in [1.29, 1.82) is 0 Å². The maximum Gasteiger partial charge on any atom is 0.344 e. The molecular weight excluding hydrogens is 320 g/mol. The number of hydrogen-bond donors (Lipinski definition) is 2. The number of esters is 1. The van der Waals surface area contributed by atoms with E-state index < -0.39 is 5.97 Å². The van der Waals surface area contributed by atoms with Crippen LogP contribution in [0.2, 0.25) is 0 Å². The van der Waals surface area contributed by atoms with E-state index in [1.807, 2.05) is 30.3 Å². The third-order valence-corrected chi connectivity index (χ3v) is 4.14. The van der Waals surface area contributed by atoms with Crippen LogP contribution in [0.5, 0.6) is 0 Å². The molecule has 2 N–H and O–H groups in total. The normalized spacial score (nSPS) is 14.2. The number of aromatic amines is 1. The summed E-state index contributed by atoms with van der Waals surface area (Å²) in [6, 6.07) is 9.36. The Balaban J connectivity index is 1.92. The van der Waals surface area contributed by atoms with Gasteiger partial charge in [0.2, 0.25) is 0 Å². The molecule has 0 radical (unpaired) electrons. The summed E-state index contributed by atoms with van der Waals surface area (Å²) in [5.41, 5.74) is 1.11. The second-order valence-electron chi connectivity index (χ2n) is 5.89. The Kier molecular flexibility index (Phi) is 5.33. The van der Waals surface area contributed by atoms with Gasteiger partial charge in [-0.15, -0.1) is 0 Å². The van der Waals surface area contributed by atoms with E-state index in [2.05, 4.69) is 15.5 Å². The Morgan fingerprint density at radius 3 is 2.60 bits per heavy atom. The van der Waals surface area contributed by atoms with E-state index in [1.54, 1.807) is 11.8 Å². The fraction of sp³-hybridized carbons (Fsp3) is 0.389. The van der Waals surface area contributed by atoms with Gasteiger partial charge in [-0.05, 0) is 38.3 Å². The van der Waals surface area contributed by atoms with E-state index in [-0.39, 0.29) is 23.8 Å². The van der Waals surface area contributed by atoms with Crippen molar-refractivity contribution in [2.75, 3.05) is 25.0 Å². The minimum atomic E-state index is -0.560. The van der Waals surface area contributed by atoms with Crippen LogP contribution in [0.4, 0.5) is 11.5 Å². The number of carbonyl (C=O) groups is 2. The number of nitrogens with one attached hydrogen (secondary N) is 2. The predicted octanol–water partition coefficient (Wildman–Crippen LogP) is 2.96. The van der Waals surface area contributed by atoms with Gasteiger partial charge in [0.1, 0.15) is 11.3 Å². The number of amides is 1. The lowest BCUT2D eigenvalue weighted by atomic mass is 10.1. The van der Waals surface area contributed by atoms with Crippen molar-refractivity contribution in [2.45, 2.75) is 26.2 Å². The highest BCUT2D eigenvalue weighted by molar-refractivity contribution is 6.07. The van der Waals surface area contributed by atoms with Gasteiger partial charge in [0.05, 0.1) is 6.61 Å². The molecule has 132 valence electrons. The second kappa shape index (κ2) is 7.83. The van der Waals surface area contributed by atoms with Crippen LogP contribution >= 0.6 is 0 Å². The van der Waals surface area contributed by atoms with Crippen LogP contribution in [0.25, 0.3) is 0 Å². The van der Waals surface area contributed by atoms with Crippen LogP contribution in [-0.4, -0.2) is 46.7 Å². The number of ether oxygens (including phenoxy) is 1. The molecule has 1 aromatic carbocycles. The third-order valence-electron chi connectivity index (χ3n) is 4.14. The van der Waals surface area contributed by atoms with Gasteiger partial charge in [0.15, 0.2) is 5.82 Å². The van der Waals surface area contributed by atoms with Crippen LogP contribution in [0, 0.1) is 0 Å². The molecule has 2 aromatic rings. The zero-order valence-corrected chi connectivity index (χ0v) is 14.2. The molecule has 0 unspecified atom stereocenters. The summed E-state index contributed by atoms with van der Waals surface area (Å²) in [5.74, 6) is -0.476. The number of likely N-dealkylation sites (tertiary alicyclic amines) is 1. The monoisotopic (exact) mass is 342 g/mol. The highest BCUT2D eigenvalue weighted by Crippen LogP contribution is 2.24. The molecule has 3 rings (SSSR count). The number of carbonyl (C=O) groups excluding carboxylic acids is 2. The first-order valence-electron chi connectivity index (χ1n) is 8.57. The zero-order chi connectivity index (χ0) is 17.6. The van der Waals surface area contributed by atoms with Crippen LogP contribution in [0.1, 0.15) is 47.0 Å². The number of nitrogens with zero attached hydrogens (tertiary/aromatic N) is 2. The van der Waals surface area contributed by atoms with E-state index in [0.29, 0.717) is 18.9 Å². The number of aromatic nitrogens is 2. The van der Waals surface area contributed by atoms with E-state index >= 15 is 0 Å². The summed E-state index contributed by atoms with van der Waals surface area (Å²) < 4.78 is 5.13. The number of anilines is 2. The van der Waals surface area contributed by atoms with Gasteiger partial charge in [-0.3, -0.25) is 9.89 Å². The predicted molar refractivity (Wildman–Crippen MR) is 94.0 cm³/mol. The molecule has 1 fully saturated rings. The minimum Gasteiger partial charge on any atom is -0.462 e. The molecule has 0 bridgehead atoms. The highest BCUT2D eigenvalue weighted by Gasteiger charge is 2.29. The van der Waals surface area contributed by atoms with E-state index in [1.165, 1.54) is 0 Å². The average Bonchev–Trinajstić information content (AvgIpc) is 3.06. The molecular formula is C18H22N4O3. The Morgan fingerprint density at radius 1 is 1.20 bits per heavy atom. The molecule has 0 saturated carbocycles. The van der Waals surface area contributed by atoms with Crippen molar-refractivity contribution in [3.05, 3.63) is 41.6 Å². The van der Waals surface area contributed by atoms with Crippen LogP contribution in [0.15, 0.2) is 30.3 Å². The summed E-state index contributed by atoms with van der Waals surface area (Å²) >= 11 is 0. The first-order chi connectivity index (χ1) is 12.2. The molecule has 1 aromatic heterocycles. The minimum absolute atomic E-state index is 0.154. The molecule has 0 atom stereocenters. The lowest BCUT2D eigenvalue weighted by molar-refractivity contribution is 0.0518. The van der Waals surface area contributed by atoms with Crippen LogP contribution in [0.3, 0.4) is 0 Å². The SMILES string of the molecule is CCOC(=O)c1c(Nc2ccccc2)n[nH]c1C(=O)N1CCCCC1. The Morgan fingerprint density at radius 2 is 1.92 bits per heavy atom. The van der Waals surface area contributed by atoms with Gasteiger partial charge in [-0.25, -0.2) is 4.79 Å². The number of hydrogen-bond acceptors (Lipinski definition) is 5. The number of rotatable bonds is 5. The summed E-state index contributed by atoms with van der Waals surface area (Å²) in [7, 11) is 0. The fourth-order valence-corrected chi connectivity index (χ4v) is 2.90. The third kappa shape index (κ3) is 3.81. The van der Waals surface area contributed by atoms with E-state index in [9.17, 15) is 9.59 Å². The van der Waals surface area contributed by atoms with Crippen molar-refractivity contribution in [3.63, 3.8) is 0 Å². The van der Waals surface area contributed by atoms with Crippen molar-refractivity contribution in [3.8, 4) is 0 Å². The molecule has 1 aliphatic heterocycles. The lowest BCUT2D eigenvalue weighted by Crippen LogP contribution is -2.36. The molecule has 2 heterocycles. The second-order valence-corrected chi connectivity index (χ2v) is 5.89. The maximum atomic E-state index is 12.8. The molecule has 0 aliphatic carbocycles. The van der Waals surface area contributed by atoms with Gasteiger partial charge in [-0.2, -0.15) is 5.10 Å².